The van der Waals surface area contributed by atoms with Crippen LogP contribution in [0.3, 0.4) is 0 Å². The fourth-order valence-corrected chi connectivity index (χ4v) is 3.01. The Hall–Kier alpha value is -2.34. The third-order valence-electron chi connectivity index (χ3n) is 4.44. The minimum absolute atomic E-state index is 0.116. The van der Waals surface area contributed by atoms with E-state index in [9.17, 15) is 4.79 Å². The van der Waals surface area contributed by atoms with Crippen molar-refractivity contribution in [2.24, 2.45) is 0 Å². The molecule has 0 bridgehead atoms. The summed E-state index contributed by atoms with van der Waals surface area (Å²) in [7, 11) is 1.87. The number of benzene rings is 1. The Morgan fingerprint density at radius 2 is 1.83 bits per heavy atom. The second-order valence-electron chi connectivity index (χ2n) is 6.22. The molecule has 6 nitrogen and oxygen atoms in total. The van der Waals surface area contributed by atoms with Crippen molar-refractivity contribution < 1.29 is 4.79 Å². The van der Waals surface area contributed by atoms with Gasteiger partial charge >= 0.3 is 6.03 Å². The van der Waals surface area contributed by atoms with Gasteiger partial charge in [-0.1, -0.05) is 30.3 Å². The smallest absolute Gasteiger partial charge is 0.320 e. The molecule has 0 atom stereocenters. The van der Waals surface area contributed by atoms with E-state index in [0.29, 0.717) is 6.54 Å². The minimum Gasteiger partial charge on any atom is -0.323 e. The molecule has 1 fully saturated rings. The molecule has 24 heavy (non-hydrogen) atoms. The average molecular weight is 327 g/mol. The molecule has 1 aromatic carbocycles. The van der Waals surface area contributed by atoms with Crippen LogP contribution in [0.4, 0.5) is 4.79 Å². The predicted molar refractivity (Wildman–Crippen MR) is 93.5 cm³/mol. The molecule has 1 aliphatic rings. The van der Waals surface area contributed by atoms with Crippen LogP contribution in [0.1, 0.15) is 5.56 Å². The van der Waals surface area contributed by atoms with E-state index in [-0.39, 0.29) is 6.03 Å². The van der Waals surface area contributed by atoms with Gasteiger partial charge in [0.15, 0.2) is 0 Å². The second-order valence-corrected chi connectivity index (χ2v) is 6.22. The van der Waals surface area contributed by atoms with Crippen molar-refractivity contribution >= 4 is 6.03 Å². The summed E-state index contributed by atoms with van der Waals surface area (Å²) in [5, 5.41) is 4.23. The molecule has 2 aromatic rings. The number of aromatic nitrogens is 2. The largest absolute Gasteiger partial charge is 0.323 e. The van der Waals surface area contributed by atoms with Crippen LogP contribution >= 0.6 is 0 Å². The maximum absolute atomic E-state index is 12.6. The molecule has 6 heteroatoms. The Bertz CT molecular complexity index is 620. The second kappa shape index (κ2) is 7.97. The zero-order chi connectivity index (χ0) is 16.8. The van der Waals surface area contributed by atoms with Gasteiger partial charge in [-0.15, -0.1) is 0 Å². The monoisotopic (exact) mass is 327 g/mol. The summed E-state index contributed by atoms with van der Waals surface area (Å²) in [5.41, 5.74) is 1.16. The molecule has 3 rings (SSSR count). The quantitative estimate of drug-likeness (QED) is 0.840. The molecular weight excluding hydrogens is 302 g/mol. The van der Waals surface area contributed by atoms with Crippen molar-refractivity contribution in [3.05, 3.63) is 54.4 Å². The summed E-state index contributed by atoms with van der Waals surface area (Å²) in [6, 6.07) is 12.2. The van der Waals surface area contributed by atoms with E-state index in [1.54, 1.807) is 11.1 Å². The highest BCUT2D eigenvalue weighted by Gasteiger charge is 2.23. The molecule has 0 spiro atoms. The number of hydrogen-bond donors (Lipinski definition) is 0. The summed E-state index contributed by atoms with van der Waals surface area (Å²) in [6.45, 7) is 5.95. The first-order chi connectivity index (χ1) is 11.7. The lowest BCUT2D eigenvalue weighted by molar-refractivity contribution is 0.115. The molecule has 1 aliphatic heterocycles. The van der Waals surface area contributed by atoms with Gasteiger partial charge < -0.3 is 9.80 Å². The van der Waals surface area contributed by atoms with Crippen LogP contribution in [0.15, 0.2) is 48.8 Å². The number of urea groups is 1. The fraction of sp³-hybridized carbons (Fsp3) is 0.444. The van der Waals surface area contributed by atoms with Crippen molar-refractivity contribution in [2.75, 3.05) is 39.8 Å². The van der Waals surface area contributed by atoms with Crippen LogP contribution in [-0.4, -0.2) is 70.3 Å². The van der Waals surface area contributed by atoms with E-state index in [2.05, 4.69) is 22.1 Å². The molecule has 1 aromatic heterocycles. The van der Waals surface area contributed by atoms with Gasteiger partial charge in [-0.3, -0.25) is 9.58 Å². The van der Waals surface area contributed by atoms with Gasteiger partial charge in [-0.05, 0) is 11.6 Å². The maximum atomic E-state index is 12.6. The van der Waals surface area contributed by atoms with Gasteiger partial charge in [0.1, 0.15) is 0 Å². The Morgan fingerprint density at radius 3 is 2.50 bits per heavy atom. The Labute approximate surface area is 143 Å². The molecule has 0 unspecified atom stereocenters. The van der Waals surface area contributed by atoms with Crippen LogP contribution < -0.4 is 0 Å². The van der Waals surface area contributed by atoms with Gasteiger partial charge in [0.05, 0.1) is 6.54 Å². The van der Waals surface area contributed by atoms with E-state index in [1.807, 2.05) is 47.1 Å². The molecule has 2 amide bonds. The number of hydrogen-bond acceptors (Lipinski definition) is 3. The average Bonchev–Trinajstić information content (AvgIpc) is 3.14. The summed E-state index contributed by atoms with van der Waals surface area (Å²) >= 11 is 0. The van der Waals surface area contributed by atoms with Crippen molar-refractivity contribution in [1.82, 2.24) is 24.5 Å². The molecule has 0 N–H and O–H groups in total. The molecule has 1 saturated heterocycles. The van der Waals surface area contributed by atoms with Crippen LogP contribution in [0.25, 0.3) is 0 Å². The lowest BCUT2D eigenvalue weighted by atomic mass is 10.2. The lowest BCUT2D eigenvalue weighted by Crippen LogP contribution is -2.52. The van der Waals surface area contributed by atoms with Crippen LogP contribution in [-0.2, 0) is 13.1 Å². The van der Waals surface area contributed by atoms with E-state index in [1.165, 1.54) is 0 Å². The van der Waals surface area contributed by atoms with Gasteiger partial charge in [-0.2, -0.15) is 5.10 Å². The third-order valence-corrected chi connectivity index (χ3v) is 4.44. The number of amides is 2. The number of rotatable bonds is 5. The van der Waals surface area contributed by atoms with Crippen LogP contribution in [0.2, 0.25) is 0 Å². The molecular formula is C18H25N5O. The van der Waals surface area contributed by atoms with Crippen LogP contribution in [0, 0.1) is 0 Å². The van der Waals surface area contributed by atoms with E-state index in [4.69, 9.17) is 0 Å². The molecule has 128 valence electrons. The third kappa shape index (κ3) is 4.35. The van der Waals surface area contributed by atoms with Crippen molar-refractivity contribution in [3.63, 3.8) is 0 Å². The zero-order valence-corrected chi connectivity index (χ0v) is 14.2. The maximum Gasteiger partial charge on any atom is 0.320 e. The summed E-state index contributed by atoms with van der Waals surface area (Å²) < 4.78 is 1.95. The summed E-state index contributed by atoms with van der Waals surface area (Å²) in [5.74, 6) is 0. The number of carbonyl (C=O) groups excluding carboxylic acids is 1. The van der Waals surface area contributed by atoms with E-state index in [0.717, 1.165) is 44.8 Å². The number of carbonyl (C=O) groups is 1. The van der Waals surface area contributed by atoms with Crippen molar-refractivity contribution in [3.8, 4) is 0 Å². The SMILES string of the molecule is CN(Cc1ccccc1)C(=O)N1CCN(CCn2cccn2)CC1. The Morgan fingerprint density at radius 1 is 1.08 bits per heavy atom. The molecule has 0 aliphatic carbocycles. The molecule has 2 heterocycles. The van der Waals surface area contributed by atoms with E-state index < -0.39 is 0 Å². The normalized spacial score (nSPS) is 15.5. The molecule has 0 saturated carbocycles. The Kier molecular flexibility index (Phi) is 5.48. The first kappa shape index (κ1) is 16.5. The van der Waals surface area contributed by atoms with Gasteiger partial charge in [-0.25, -0.2) is 4.79 Å². The first-order valence-corrected chi connectivity index (χ1v) is 8.46. The standard InChI is InChI=1S/C18H25N5O/c1-20(16-17-6-3-2-4-7-17)18(24)22-13-10-21(11-14-22)12-15-23-9-5-8-19-23/h2-9H,10-16H2,1H3. The first-order valence-electron chi connectivity index (χ1n) is 8.46. The van der Waals surface area contributed by atoms with Crippen molar-refractivity contribution in [2.45, 2.75) is 13.1 Å². The number of nitrogens with zero attached hydrogens (tertiary/aromatic N) is 5. The highest BCUT2D eigenvalue weighted by molar-refractivity contribution is 5.74. The zero-order valence-electron chi connectivity index (χ0n) is 14.2. The van der Waals surface area contributed by atoms with Gasteiger partial charge in [0.2, 0.25) is 0 Å². The predicted octanol–water partition coefficient (Wildman–Crippen LogP) is 1.75. The highest BCUT2D eigenvalue weighted by atomic mass is 16.2. The number of piperazine rings is 1. The van der Waals surface area contributed by atoms with E-state index >= 15 is 0 Å². The fourth-order valence-electron chi connectivity index (χ4n) is 3.01. The van der Waals surface area contributed by atoms with Gasteiger partial charge in [0, 0.05) is 58.7 Å². The minimum atomic E-state index is 0.116. The van der Waals surface area contributed by atoms with Gasteiger partial charge in [0.25, 0.3) is 0 Å². The topological polar surface area (TPSA) is 44.6 Å². The Balaban J connectivity index is 1.42. The summed E-state index contributed by atoms with van der Waals surface area (Å²) in [6.07, 6.45) is 3.79. The highest BCUT2D eigenvalue weighted by Crippen LogP contribution is 2.08. The van der Waals surface area contributed by atoms with Crippen LogP contribution in [0.5, 0.6) is 0 Å². The lowest BCUT2D eigenvalue weighted by Gasteiger charge is -2.36. The molecule has 0 radical (unpaired) electrons. The summed E-state index contributed by atoms with van der Waals surface area (Å²) in [4.78, 5) is 18.7. The van der Waals surface area contributed by atoms with Crippen molar-refractivity contribution in [1.29, 1.82) is 0 Å².